The number of rotatable bonds is 30. The summed E-state index contributed by atoms with van der Waals surface area (Å²) in [7, 11) is 3.77. The first-order chi connectivity index (χ1) is 69.9. The monoisotopic (exact) mass is 2110 g/mol. The van der Waals surface area contributed by atoms with Crippen molar-refractivity contribution < 1.29 is 61.8 Å². The molecule has 32 heteroatoms. The quantitative estimate of drug-likeness (QED) is 0.0242. The zero-order valence-electron chi connectivity index (χ0n) is 81.8. The molecule has 0 saturated carbocycles. The maximum absolute atomic E-state index is 13.5. The van der Waals surface area contributed by atoms with E-state index in [0.717, 1.165) is 207 Å². The van der Waals surface area contributed by atoms with Gasteiger partial charge in [-0.25, -0.2) is 19.2 Å². The van der Waals surface area contributed by atoms with Crippen LogP contribution in [0.25, 0.3) is 43.6 Å². The minimum Gasteiger partial charge on any atom is -0.497 e. The molecule has 0 bridgehead atoms. The van der Waals surface area contributed by atoms with Gasteiger partial charge in [-0.2, -0.15) is 0 Å². The number of aromatic amines is 4. The number of halogens is 8. The second-order valence-corrected chi connectivity index (χ2v) is 39.8. The highest BCUT2D eigenvalue weighted by atomic mass is 35.5. The maximum atomic E-state index is 13.5. The average molecular weight is 2110 g/mol. The van der Waals surface area contributed by atoms with E-state index in [-0.39, 0.29) is 36.2 Å². The molecule has 5 aliphatic rings. The Hall–Kier alpha value is -11.4. The molecule has 0 radical (unpaired) electrons. The number of aromatic nitrogens is 4. The Morgan fingerprint density at radius 1 is 0.375 bits per heavy atom. The van der Waals surface area contributed by atoms with Crippen LogP contribution in [0.2, 0.25) is 25.1 Å². The van der Waals surface area contributed by atoms with Crippen molar-refractivity contribution in [1.29, 1.82) is 0 Å². The first kappa shape index (κ1) is 105. The molecular weight excluding hydrogens is 1990 g/mol. The number of methoxy groups -OCH3 is 1. The molecule has 9 heterocycles. The second-order valence-electron chi connectivity index (χ2n) is 36.4. The molecule has 5 atom stereocenters. The summed E-state index contributed by atoms with van der Waals surface area (Å²) in [6.07, 6.45) is 4.78. The lowest BCUT2D eigenvalue weighted by Gasteiger charge is -2.36. The van der Waals surface area contributed by atoms with Crippen LogP contribution in [0.3, 0.4) is 0 Å². The predicted octanol–water partition coefficient (Wildman–Crippen LogP) is 26.8. The van der Waals surface area contributed by atoms with E-state index < -0.39 is 23.8 Å². The molecule has 4 amide bonds. The molecule has 14 aromatic rings. The van der Waals surface area contributed by atoms with Gasteiger partial charge < -0.3 is 77.3 Å². The minimum atomic E-state index is -0.696. The first-order valence-electron chi connectivity index (χ1n) is 49.2. The van der Waals surface area contributed by atoms with Crippen LogP contribution in [-0.2, 0) is 35.2 Å². The highest BCUT2D eigenvalue weighted by molar-refractivity contribution is 6.33. The highest BCUT2D eigenvalue weighted by Crippen LogP contribution is 2.47. The zero-order chi connectivity index (χ0) is 101. The number of H-pyrrole nitrogens is 4. The van der Waals surface area contributed by atoms with E-state index in [4.69, 9.17) is 135 Å². The summed E-state index contributed by atoms with van der Waals surface area (Å²) in [4.78, 5) is 81.5. The lowest BCUT2D eigenvalue weighted by molar-refractivity contribution is 0.0654. The second kappa shape index (κ2) is 50.2. The van der Waals surface area contributed by atoms with Crippen molar-refractivity contribution >= 4 is 161 Å². The number of piperazine rings is 1. The van der Waals surface area contributed by atoms with Crippen LogP contribution in [0.5, 0.6) is 40.2 Å². The van der Waals surface area contributed by atoms with Gasteiger partial charge in [0.1, 0.15) is 64.4 Å². The Labute approximate surface area is 880 Å². The van der Waals surface area contributed by atoms with E-state index in [0.29, 0.717) is 133 Å². The number of alkyl halides is 3. The third-order valence-electron chi connectivity index (χ3n) is 26.7. The highest BCUT2D eigenvalue weighted by Gasteiger charge is 2.42. The van der Waals surface area contributed by atoms with E-state index in [1.54, 1.807) is 70.3 Å². The number of nitrogens with zero attached hydrogens (tertiary/aromatic N) is 7. The van der Waals surface area contributed by atoms with E-state index >= 15 is 0 Å². The normalized spacial score (nSPS) is 16.3. The van der Waals surface area contributed by atoms with E-state index in [9.17, 15) is 19.2 Å². The number of ether oxygens (including phenoxy) is 9. The molecule has 10 aromatic carbocycles. The Kier molecular flexibility index (Phi) is 36.7. The van der Waals surface area contributed by atoms with Crippen LogP contribution < -0.4 is 33.2 Å². The van der Waals surface area contributed by atoms with Crippen LogP contribution in [0, 0.1) is 5.92 Å². The number of hydrogen-bond donors (Lipinski definition) is 4. The molecule has 0 aliphatic carbocycles. The number of likely N-dealkylation sites (N-methyl/N-ethyl adjacent to an activating group) is 1. The third-order valence-corrected chi connectivity index (χ3v) is 29.0. The number of nitrogens with one attached hydrogen (secondary N) is 4. The fourth-order valence-electron chi connectivity index (χ4n) is 19.2. The van der Waals surface area contributed by atoms with Gasteiger partial charge in [0.25, 0.3) is 0 Å². The molecule has 4 N–H and O–H groups in total. The van der Waals surface area contributed by atoms with Gasteiger partial charge in [0.2, 0.25) is 0 Å². The van der Waals surface area contributed by atoms with Gasteiger partial charge in [-0.05, 0) is 293 Å². The van der Waals surface area contributed by atoms with Crippen molar-refractivity contribution in [3.63, 3.8) is 0 Å². The Balaban J connectivity index is 0.000000138. The van der Waals surface area contributed by atoms with Gasteiger partial charge in [-0.3, -0.25) is 19.6 Å². The van der Waals surface area contributed by atoms with Crippen molar-refractivity contribution in [3.05, 3.63) is 311 Å². The number of carbonyl (C=O) groups is 4. The van der Waals surface area contributed by atoms with Gasteiger partial charge in [-0.15, -0.1) is 23.2 Å². The number of benzene rings is 10. The molecular formula is C112H121Cl8N11O13. The lowest BCUT2D eigenvalue weighted by atomic mass is 9.92. The third kappa shape index (κ3) is 25.8. The van der Waals surface area contributed by atoms with Crippen LogP contribution in [0.4, 0.5) is 19.2 Å². The van der Waals surface area contributed by atoms with Crippen LogP contribution in [0.15, 0.2) is 218 Å². The van der Waals surface area contributed by atoms with Crippen molar-refractivity contribution in [2.45, 2.75) is 116 Å². The van der Waals surface area contributed by atoms with E-state index in [1.165, 1.54) is 11.1 Å². The minimum absolute atomic E-state index is 0.00838. The topological polar surface area (TPSA) is 237 Å². The summed E-state index contributed by atoms with van der Waals surface area (Å²) < 4.78 is 51.3. The van der Waals surface area contributed by atoms with Gasteiger partial charge in [0, 0.05) is 175 Å². The van der Waals surface area contributed by atoms with Crippen LogP contribution in [-0.4, -0.2) is 222 Å². The van der Waals surface area contributed by atoms with Gasteiger partial charge >= 0.3 is 24.4 Å². The van der Waals surface area contributed by atoms with Gasteiger partial charge in [0.05, 0.1) is 40.1 Å². The fourth-order valence-corrected chi connectivity index (χ4v) is 20.3. The average Bonchev–Trinajstić information content (AvgIpc) is 1.52. The van der Waals surface area contributed by atoms with Gasteiger partial charge in [-0.1, -0.05) is 146 Å². The summed E-state index contributed by atoms with van der Waals surface area (Å²) in [6, 6.07) is 67.5. The molecule has 758 valence electrons. The lowest BCUT2D eigenvalue weighted by Crippen LogP contribution is -2.44. The smallest absolute Gasteiger partial charge is 0.416 e. The zero-order valence-corrected chi connectivity index (χ0v) is 87.8. The first-order valence-corrected chi connectivity index (χ1v) is 52.6. The number of fused-ring (bicyclic) bond motifs is 12. The maximum Gasteiger partial charge on any atom is 0.416 e. The SMILES string of the molecule is CC(C)C(Cl)OC(=O)N1CCc2c([nH]c3ccc(Cl)cc23)C1c1ccc(OCCCCl)cc1.CCN(CC)CCCOc1ccc(C2c3[nH]c4ccc(Cl)cc4c3CCN2C(=O)Oc2ccc(Cl)cc2)cc1.CCOC(=O)N1CCc2c([nH]c3ccc(Cl)cc23)C1c1ccc(OCCCN2CCN(C)CC2)cc1.COc1ccc(OC(=O)N2CCc3c([nH]c4ccc(Cl)cc34)C2c2ccc(OCCCCl)cc2)cc1. The molecule has 24 nitrogen and oxygen atoms in total. The number of carbonyl (C=O) groups excluding carboxylic acids is 4. The van der Waals surface area contributed by atoms with Crippen LogP contribution >= 0.6 is 92.8 Å². The van der Waals surface area contributed by atoms with Crippen molar-refractivity contribution in [3.8, 4) is 40.2 Å². The summed E-state index contributed by atoms with van der Waals surface area (Å²) in [6.45, 7) is 23.6. The standard InChI is InChI=1S/C31H33Cl2N3O3.C28H26Cl2N2O4.C28H35ClN4O3.C25H27Cl3N2O3/c1-3-35(4-2)17-5-19-38-24-11-6-21(7-12-24)30-29-26(27-20-23(33)10-15-28(27)34-29)16-18-36(30)31(37)39-25-13-8-22(32)9-14-25;1-34-20-8-10-22(11-9-20)36-28(33)32-15-13-23-24-17-19(30)5-12-25(24)31-26(23)27(32)18-3-6-21(7-4-18)35-16-2-14-29;1-3-35-28(34)33-13-11-23-24-19-21(29)7-10-25(24)30-26(23)27(33)20-5-8-22(9-6-20)36-18-4-12-32-16-14-31(2)15-17-32;1-15(2)24(28)33-25(31)30-12-10-19-20-14-17(27)6-9-21(20)29-22(19)23(30)16-4-7-18(8-5-16)32-13-3-11-26/h6-15,20,30,34H,3-5,16-19H2,1-2H3;3-12,17,27,31H,2,13-16H2,1H3;5-10,19,27,30H,3-4,11-18H2,1-2H3;4-9,14-15,23-24,29H,3,10-13H2,1-2H3. The Morgan fingerprint density at radius 2 is 0.681 bits per heavy atom. The summed E-state index contributed by atoms with van der Waals surface area (Å²) in [5.41, 5.74) is 15.8. The van der Waals surface area contributed by atoms with E-state index in [2.05, 4.69) is 67.7 Å². The number of hydrogen-bond acceptors (Lipinski definition) is 16. The molecule has 0 spiro atoms. The Bertz CT molecular complexity index is 6660. The van der Waals surface area contributed by atoms with Crippen molar-refractivity contribution in [1.82, 2.24) is 54.2 Å². The fraction of sp³-hybridized carbons (Fsp3) is 0.357. The number of amides is 4. The van der Waals surface area contributed by atoms with Crippen molar-refractivity contribution in [2.75, 3.05) is 137 Å². The van der Waals surface area contributed by atoms with Gasteiger partial charge in [0.15, 0.2) is 5.56 Å². The summed E-state index contributed by atoms with van der Waals surface area (Å²) in [5, 5.41) is 7.70. The molecule has 4 aromatic heterocycles. The largest absolute Gasteiger partial charge is 0.497 e. The molecule has 5 unspecified atom stereocenters. The molecule has 5 aliphatic heterocycles. The molecule has 144 heavy (non-hydrogen) atoms. The van der Waals surface area contributed by atoms with Crippen LogP contribution in [0.1, 0.15) is 152 Å². The molecule has 1 saturated heterocycles. The van der Waals surface area contributed by atoms with E-state index in [1.807, 2.05) is 183 Å². The Morgan fingerprint density at radius 3 is 1.01 bits per heavy atom. The summed E-state index contributed by atoms with van der Waals surface area (Å²) >= 11 is 49.0. The molecule has 19 rings (SSSR count). The summed E-state index contributed by atoms with van der Waals surface area (Å²) in [5.74, 6) is 5.90. The molecule has 1 fully saturated rings. The van der Waals surface area contributed by atoms with Crippen molar-refractivity contribution in [2.24, 2.45) is 5.92 Å². The predicted molar refractivity (Wildman–Crippen MR) is 576 cm³/mol.